The predicted molar refractivity (Wildman–Crippen MR) is 88.9 cm³/mol. The van der Waals surface area contributed by atoms with Crippen molar-refractivity contribution >= 4 is 17.3 Å². The van der Waals surface area contributed by atoms with Crippen LogP contribution in [0.1, 0.15) is 5.69 Å². The molecular formula is C17H15ClN4. The van der Waals surface area contributed by atoms with Crippen LogP contribution in [-0.4, -0.2) is 21.7 Å². The van der Waals surface area contributed by atoms with Crippen LogP contribution in [0.2, 0.25) is 5.15 Å². The number of benzene rings is 1. The fraction of sp³-hybridized carbons (Fsp3) is 0.118. The number of nitrogens with zero attached hydrogens (tertiary/aromatic N) is 3. The summed E-state index contributed by atoms with van der Waals surface area (Å²) in [5.41, 5.74) is 3.63. The van der Waals surface area contributed by atoms with Crippen molar-refractivity contribution < 1.29 is 0 Å². The van der Waals surface area contributed by atoms with E-state index in [-0.39, 0.29) is 0 Å². The number of pyridine rings is 1. The van der Waals surface area contributed by atoms with Gasteiger partial charge in [0.05, 0.1) is 11.4 Å². The Labute approximate surface area is 134 Å². The molecule has 2 aromatic heterocycles. The van der Waals surface area contributed by atoms with Crippen LogP contribution in [0.15, 0.2) is 60.8 Å². The minimum absolute atomic E-state index is 0.376. The van der Waals surface area contributed by atoms with Gasteiger partial charge in [0.15, 0.2) is 5.15 Å². The van der Waals surface area contributed by atoms with Crippen LogP contribution in [0.25, 0.3) is 11.3 Å². The Balaban J connectivity index is 1.71. The van der Waals surface area contributed by atoms with Gasteiger partial charge in [-0.3, -0.25) is 4.98 Å². The molecule has 0 aliphatic rings. The van der Waals surface area contributed by atoms with Crippen molar-refractivity contribution in [1.82, 2.24) is 15.2 Å². The van der Waals surface area contributed by atoms with Gasteiger partial charge in [0.25, 0.3) is 0 Å². The number of aromatic nitrogens is 3. The lowest BCUT2D eigenvalue weighted by atomic mass is 10.1. The lowest BCUT2D eigenvalue weighted by molar-refractivity contribution is 0.953. The molecule has 0 spiro atoms. The number of rotatable bonds is 5. The van der Waals surface area contributed by atoms with Gasteiger partial charge in [0, 0.05) is 30.4 Å². The maximum absolute atomic E-state index is 6.11. The molecular weight excluding hydrogens is 296 g/mol. The second-order valence-corrected chi connectivity index (χ2v) is 5.16. The molecule has 110 valence electrons. The predicted octanol–water partition coefficient (Wildman–Crippen LogP) is 3.85. The van der Waals surface area contributed by atoms with Gasteiger partial charge in [0.1, 0.15) is 0 Å². The van der Waals surface area contributed by atoms with E-state index in [1.807, 2.05) is 54.6 Å². The molecule has 5 heteroatoms. The third-order valence-electron chi connectivity index (χ3n) is 3.24. The molecule has 2 heterocycles. The largest absolute Gasteiger partial charge is 0.382 e. The molecule has 0 radical (unpaired) electrons. The molecule has 0 aliphatic heterocycles. The van der Waals surface area contributed by atoms with Crippen molar-refractivity contribution in [3.8, 4) is 11.3 Å². The highest BCUT2D eigenvalue weighted by atomic mass is 35.5. The summed E-state index contributed by atoms with van der Waals surface area (Å²) in [7, 11) is 0. The summed E-state index contributed by atoms with van der Waals surface area (Å²) in [5.74, 6) is 0. The van der Waals surface area contributed by atoms with Gasteiger partial charge < -0.3 is 5.32 Å². The Morgan fingerprint density at radius 1 is 0.955 bits per heavy atom. The first-order chi connectivity index (χ1) is 10.8. The van der Waals surface area contributed by atoms with Crippen molar-refractivity contribution in [1.29, 1.82) is 0 Å². The fourth-order valence-corrected chi connectivity index (χ4v) is 2.28. The van der Waals surface area contributed by atoms with E-state index in [0.29, 0.717) is 5.15 Å². The quantitative estimate of drug-likeness (QED) is 0.777. The third-order valence-corrected chi connectivity index (χ3v) is 3.52. The molecule has 1 aromatic carbocycles. The van der Waals surface area contributed by atoms with Gasteiger partial charge in [-0.2, -0.15) is 0 Å². The zero-order valence-corrected chi connectivity index (χ0v) is 12.7. The van der Waals surface area contributed by atoms with E-state index in [9.17, 15) is 0 Å². The molecule has 0 bridgehead atoms. The van der Waals surface area contributed by atoms with E-state index in [1.54, 1.807) is 6.20 Å². The molecule has 0 fully saturated rings. The molecule has 0 amide bonds. The van der Waals surface area contributed by atoms with Gasteiger partial charge in [0.2, 0.25) is 0 Å². The molecule has 0 saturated carbocycles. The molecule has 1 N–H and O–H groups in total. The topological polar surface area (TPSA) is 50.7 Å². The normalized spacial score (nSPS) is 10.4. The van der Waals surface area contributed by atoms with Crippen molar-refractivity contribution in [2.24, 2.45) is 0 Å². The lowest BCUT2D eigenvalue weighted by Crippen LogP contribution is -2.07. The Kier molecular flexibility index (Phi) is 4.61. The number of hydrogen-bond donors (Lipinski definition) is 1. The molecule has 0 unspecified atom stereocenters. The Morgan fingerprint density at radius 3 is 2.55 bits per heavy atom. The minimum atomic E-state index is 0.376. The first-order valence-electron chi connectivity index (χ1n) is 7.05. The SMILES string of the molecule is Clc1nnc(-c2ccccc2)cc1NCCc1ccccn1. The number of hydrogen-bond acceptors (Lipinski definition) is 4. The van der Waals surface area contributed by atoms with Crippen molar-refractivity contribution in [2.75, 3.05) is 11.9 Å². The molecule has 0 saturated heterocycles. The highest BCUT2D eigenvalue weighted by molar-refractivity contribution is 6.31. The summed E-state index contributed by atoms with van der Waals surface area (Å²) in [4.78, 5) is 4.30. The van der Waals surface area contributed by atoms with Gasteiger partial charge in [-0.1, -0.05) is 48.0 Å². The third kappa shape index (κ3) is 3.59. The average molecular weight is 311 g/mol. The van der Waals surface area contributed by atoms with Crippen LogP contribution in [0.5, 0.6) is 0 Å². The van der Waals surface area contributed by atoms with Crippen LogP contribution in [-0.2, 0) is 6.42 Å². The molecule has 0 aliphatic carbocycles. The zero-order chi connectivity index (χ0) is 15.2. The van der Waals surface area contributed by atoms with E-state index in [2.05, 4.69) is 20.5 Å². The highest BCUT2D eigenvalue weighted by Crippen LogP contribution is 2.24. The van der Waals surface area contributed by atoms with Crippen LogP contribution in [0.4, 0.5) is 5.69 Å². The maximum atomic E-state index is 6.11. The molecule has 22 heavy (non-hydrogen) atoms. The second kappa shape index (κ2) is 7.00. The van der Waals surface area contributed by atoms with Crippen molar-refractivity contribution in [3.05, 3.63) is 71.6 Å². The summed E-state index contributed by atoms with van der Waals surface area (Å²) in [6.07, 6.45) is 2.62. The Bertz CT molecular complexity index is 732. The summed E-state index contributed by atoms with van der Waals surface area (Å²) in [6, 6.07) is 17.7. The van der Waals surface area contributed by atoms with E-state index < -0.39 is 0 Å². The standard InChI is InChI=1S/C17H15ClN4/c18-17-16(20-11-9-14-8-4-5-10-19-14)12-15(21-22-17)13-6-2-1-3-7-13/h1-8,10,12H,9,11H2,(H,20,21). The number of nitrogens with one attached hydrogen (secondary N) is 1. The maximum Gasteiger partial charge on any atom is 0.174 e. The van der Waals surface area contributed by atoms with Crippen LogP contribution in [0, 0.1) is 0 Å². The smallest absolute Gasteiger partial charge is 0.174 e. The van der Waals surface area contributed by atoms with Gasteiger partial charge in [-0.05, 0) is 18.2 Å². The number of halogens is 1. The Morgan fingerprint density at radius 2 is 1.77 bits per heavy atom. The van der Waals surface area contributed by atoms with Gasteiger partial charge in [-0.25, -0.2) is 0 Å². The van der Waals surface area contributed by atoms with Crippen LogP contribution >= 0.6 is 11.6 Å². The van der Waals surface area contributed by atoms with E-state index in [0.717, 1.165) is 35.6 Å². The molecule has 3 aromatic rings. The van der Waals surface area contributed by atoms with Gasteiger partial charge >= 0.3 is 0 Å². The highest BCUT2D eigenvalue weighted by Gasteiger charge is 2.06. The van der Waals surface area contributed by atoms with Crippen molar-refractivity contribution in [2.45, 2.75) is 6.42 Å². The summed E-state index contributed by atoms with van der Waals surface area (Å²) >= 11 is 6.11. The van der Waals surface area contributed by atoms with Crippen molar-refractivity contribution in [3.63, 3.8) is 0 Å². The summed E-state index contributed by atoms with van der Waals surface area (Å²) in [5, 5.41) is 11.8. The van der Waals surface area contributed by atoms with Crippen LogP contribution in [0.3, 0.4) is 0 Å². The van der Waals surface area contributed by atoms with E-state index in [1.165, 1.54) is 0 Å². The molecule has 4 nitrogen and oxygen atoms in total. The molecule has 0 atom stereocenters. The average Bonchev–Trinajstić information content (AvgIpc) is 2.58. The van der Waals surface area contributed by atoms with E-state index in [4.69, 9.17) is 11.6 Å². The fourth-order valence-electron chi connectivity index (χ4n) is 2.12. The van der Waals surface area contributed by atoms with Crippen LogP contribution < -0.4 is 5.32 Å². The number of anilines is 1. The first kappa shape index (κ1) is 14.5. The minimum Gasteiger partial charge on any atom is -0.382 e. The second-order valence-electron chi connectivity index (χ2n) is 4.80. The van der Waals surface area contributed by atoms with Gasteiger partial charge in [-0.15, -0.1) is 10.2 Å². The first-order valence-corrected chi connectivity index (χ1v) is 7.43. The summed E-state index contributed by atoms with van der Waals surface area (Å²) in [6.45, 7) is 0.733. The zero-order valence-electron chi connectivity index (χ0n) is 11.9. The monoisotopic (exact) mass is 310 g/mol. The lowest BCUT2D eigenvalue weighted by Gasteiger charge is -2.09. The summed E-state index contributed by atoms with van der Waals surface area (Å²) < 4.78 is 0. The molecule has 3 rings (SSSR count). The van der Waals surface area contributed by atoms with E-state index >= 15 is 0 Å². The Hall–Kier alpha value is -2.46.